The highest BCUT2D eigenvalue weighted by molar-refractivity contribution is 5.80. The molecule has 160 valence electrons. The van der Waals surface area contributed by atoms with E-state index < -0.39 is 0 Å². The Balaban J connectivity index is 1.34. The summed E-state index contributed by atoms with van der Waals surface area (Å²) in [7, 11) is 0. The predicted molar refractivity (Wildman–Crippen MR) is 109 cm³/mol. The van der Waals surface area contributed by atoms with Gasteiger partial charge in [-0.25, -0.2) is 4.79 Å². The van der Waals surface area contributed by atoms with Crippen LogP contribution >= 0.6 is 0 Å². The van der Waals surface area contributed by atoms with Gasteiger partial charge in [0.1, 0.15) is 11.5 Å². The lowest BCUT2D eigenvalue weighted by Gasteiger charge is -2.38. The van der Waals surface area contributed by atoms with E-state index in [1.165, 1.54) is 0 Å². The van der Waals surface area contributed by atoms with Crippen molar-refractivity contribution in [2.75, 3.05) is 39.4 Å². The van der Waals surface area contributed by atoms with Gasteiger partial charge in [0.15, 0.2) is 0 Å². The number of ether oxygens (including phenoxy) is 1. The molecule has 2 saturated heterocycles. The van der Waals surface area contributed by atoms with E-state index in [1.807, 2.05) is 16.7 Å². The predicted octanol–water partition coefficient (Wildman–Crippen LogP) is 2.88. The third kappa shape index (κ3) is 4.44. The fourth-order valence-corrected chi connectivity index (χ4v) is 4.93. The number of nitrogens with zero attached hydrogens (tertiary/aromatic N) is 2. The highest BCUT2D eigenvalue weighted by atomic mass is 16.5. The second kappa shape index (κ2) is 8.01. The summed E-state index contributed by atoms with van der Waals surface area (Å²) < 4.78 is 11.2. The number of fused-ring (bicyclic) bond motifs is 1. The van der Waals surface area contributed by atoms with E-state index >= 15 is 0 Å². The number of rotatable bonds is 2. The van der Waals surface area contributed by atoms with E-state index in [-0.39, 0.29) is 29.3 Å². The number of morpholine rings is 1. The molecule has 2 aliphatic heterocycles. The monoisotopic (exact) mass is 403 g/mol. The van der Waals surface area contributed by atoms with Gasteiger partial charge in [0.25, 0.3) is 0 Å². The molecule has 0 saturated carbocycles. The Morgan fingerprint density at radius 2 is 1.79 bits per heavy atom. The summed E-state index contributed by atoms with van der Waals surface area (Å²) >= 11 is 0. The Kier molecular flexibility index (Phi) is 5.60. The van der Waals surface area contributed by atoms with Gasteiger partial charge < -0.3 is 24.3 Å². The smallest absolute Gasteiger partial charge is 0.317 e. The second-order valence-corrected chi connectivity index (χ2v) is 9.48. The summed E-state index contributed by atoms with van der Waals surface area (Å²) in [6.07, 6.45) is 3.26. The molecular weight excluding hydrogens is 370 g/mol. The number of nitrogens with one attached hydrogen (secondary N) is 1. The van der Waals surface area contributed by atoms with Gasteiger partial charge in [-0.2, -0.15) is 0 Å². The first-order valence-electron chi connectivity index (χ1n) is 10.8. The molecule has 3 heterocycles. The van der Waals surface area contributed by atoms with Crippen LogP contribution in [0.4, 0.5) is 4.79 Å². The average molecular weight is 404 g/mol. The molecule has 1 unspecified atom stereocenters. The summed E-state index contributed by atoms with van der Waals surface area (Å²) in [6.45, 7) is 10.3. The lowest BCUT2D eigenvalue weighted by atomic mass is 9.75. The van der Waals surface area contributed by atoms with E-state index in [4.69, 9.17) is 9.15 Å². The van der Waals surface area contributed by atoms with Crippen LogP contribution in [0.1, 0.15) is 56.2 Å². The highest BCUT2D eigenvalue weighted by Gasteiger charge is 2.37. The number of carbonyl (C=O) groups excluding carboxylic acids is 2. The molecule has 4 rings (SSSR count). The Morgan fingerprint density at radius 1 is 1.10 bits per heavy atom. The number of likely N-dealkylation sites (tertiary alicyclic amines) is 1. The minimum Gasteiger partial charge on any atom is -0.466 e. The Hall–Kier alpha value is -2.02. The lowest BCUT2D eigenvalue weighted by molar-refractivity contribution is -0.141. The highest BCUT2D eigenvalue weighted by Crippen LogP contribution is 2.42. The molecule has 3 amide bonds. The van der Waals surface area contributed by atoms with Crippen molar-refractivity contribution >= 4 is 11.9 Å². The molecule has 29 heavy (non-hydrogen) atoms. The molecule has 7 heteroatoms. The summed E-state index contributed by atoms with van der Waals surface area (Å²) in [5.41, 5.74) is 1.21. The average Bonchev–Trinajstić information content (AvgIpc) is 3.07. The van der Waals surface area contributed by atoms with Gasteiger partial charge in [-0.05, 0) is 37.7 Å². The number of carbonyl (C=O) groups is 2. The van der Waals surface area contributed by atoms with Crippen LogP contribution in [0.5, 0.6) is 0 Å². The van der Waals surface area contributed by atoms with E-state index in [2.05, 4.69) is 25.2 Å². The van der Waals surface area contributed by atoms with E-state index in [0.29, 0.717) is 39.4 Å². The van der Waals surface area contributed by atoms with Crippen LogP contribution < -0.4 is 5.32 Å². The number of urea groups is 1. The zero-order valence-electron chi connectivity index (χ0n) is 17.8. The van der Waals surface area contributed by atoms with Crippen molar-refractivity contribution in [3.63, 3.8) is 0 Å². The maximum Gasteiger partial charge on any atom is 0.317 e. The minimum absolute atomic E-state index is 0.0218. The third-order valence-corrected chi connectivity index (χ3v) is 6.49. The number of piperidine rings is 1. The van der Waals surface area contributed by atoms with Crippen LogP contribution in [-0.2, 0) is 16.0 Å². The van der Waals surface area contributed by atoms with Crippen molar-refractivity contribution in [1.29, 1.82) is 0 Å². The molecule has 3 aliphatic rings. The molecule has 1 aliphatic carbocycles. The molecule has 0 spiro atoms. The number of hydrogen-bond donors (Lipinski definition) is 1. The molecule has 0 radical (unpaired) electrons. The van der Waals surface area contributed by atoms with Gasteiger partial charge in [0.2, 0.25) is 5.91 Å². The van der Waals surface area contributed by atoms with Crippen molar-refractivity contribution in [2.24, 2.45) is 11.3 Å². The van der Waals surface area contributed by atoms with Crippen LogP contribution in [0.3, 0.4) is 0 Å². The molecule has 1 N–H and O–H groups in total. The number of furan rings is 1. The quantitative estimate of drug-likeness (QED) is 0.824. The van der Waals surface area contributed by atoms with E-state index in [9.17, 15) is 9.59 Å². The first kappa shape index (κ1) is 20.3. The van der Waals surface area contributed by atoms with Gasteiger partial charge in [-0.1, -0.05) is 13.8 Å². The first-order valence-corrected chi connectivity index (χ1v) is 10.8. The molecule has 1 atom stereocenters. The van der Waals surface area contributed by atoms with Gasteiger partial charge in [0.05, 0.1) is 19.3 Å². The van der Waals surface area contributed by atoms with Crippen molar-refractivity contribution < 1.29 is 18.7 Å². The van der Waals surface area contributed by atoms with Crippen molar-refractivity contribution in [3.8, 4) is 0 Å². The molecular formula is C22H33N3O4. The number of hydrogen-bond acceptors (Lipinski definition) is 4. The normalized spacial score (nSPS) is 24.9. The summed E-state index contributed by atoms with van der Waals surface area (Å²) in [6, 6.07) is 2.00. The zero-order chi connectivity index (χ0) is 20.6. The van der Waals surface area contributed by atoms with E-state index in [0.717, 1.165) is 42.8 Å². The first-order chi connectivity index (χ1) is 13.8. The van der Waals surface area contributed by atoms with Crippen LogP contribution in [-0.4, -0.2) is 61.1 Å². The number of amides is 3. The summed E-state index contributed by atoms with van der Waals surface area (Å²) in [5.74, 6) is 2.14. The van der Waals surface area contributed by atoms with Crippen molar-refractivity contribution in [1.82, 2.24) is 15.1 Å². The Morgan fingerprint density at radius 3 is 2.48 bits per heavy atom. The van der Waals surface area contributed by atoms with Crippen LogP contribution in [0.25, 0.3) is 0 Å². The topological polar surface area (TPSA) is 75.0 Å². The van der Waals surface area contributed by atoms with Gasteiger partial charge in [-0.3, -0.25) is 4.79 Å². The largest absolute Gasteiger partial charge is 0.466 e. The van der Waals surface area contributed by atoms with E-state index in [1.54, 1.807) is 0 Å². The fourth-order valence-electron chi connectivity index (χ4n) is 4.93. The van der Waals surface area contributed by atoms with Gasteiger partial charge in [-0.15, -0.1) is 0 Å². The molecule has 7 nitrogen and oxygen atoms in total. The summed E-state index contributed by atoms with van der Waals surface area (Å²) in [5, 5.41) is 3.24. The van der Waals surface area contributed by atoms with Crippen molar-refractivity contribution in [2.45, 2.75) is 52.5 Å². The van der Waals surface area contributed by atoms with Crippen LogP contribution in [0.2, 0.25) is 0 Å². The van der Waals surface area contributed by atoms with Crippen LogP contribution in [0.15, 0.2) is 10.5 Å². The molecule has 1 aromatic rings. The molecule has 0 bridgehead atoms. The lowest BCUT2D eigenvalue weighted by Crippen LogP contribution is -2.50. The SMILES string of the molecule is Cc1cc2c(o1)CC(C)(C)CC2NC(=O)N1CCC(C(=O)N2CCOCC2)CC1. The zero-order valence-corrected chi connectivity index (χ0v) is 17.8. The van der Waals surface area contributed by atoms with Gasteiger partial charge in [0, 0.05) is 44.1 Å². The maximum atomic E-state index is 12.9. The Labute approximate surface area is 172 Å². The Bertz CT molecular complexity index is 758. The third-order valence-electron chi connectivity index (χ3n) is 6.49. The van der Waals surface area contributed by atoms with Gasteiger partial charge >= 0.3 is 6.03 Å². The second-order valence-electron chi connectivity index (χ2n) is 9.48. The fraction of sp³-hybridized carbons (Fsp3) is 0.727. The molecule has 2 fully saturated rings. The molecule has 0 aromatic carbocycles. The maximum absolute atomic E-state index is 12.9. The standard InChI is InChI=1S/C22H33N3O4/c1-15-12-17-18(13-22(2,3)14-19(17)29-15)23-21(27)25-6-4-16(5-7-25)20(26)24-8-10-28-11-9-24/h12,16,18H,4-11,13-14H2,1-3H3,(H,23,27). The minimum atomic E-state index is -0.0326. The van der Waals surface area contributed by atoms with Crippen LogP contribution in [0, 0.1) is 18.3 Å². The van der Waals surface area contributed by atoms with Crippen molar-refractivity contribution in [3.05, 3.63) is 23.2 Å². The summed E-state index contributed by atoms with van der Waals surface area (Å²) in [4.78, 5) is 29.4. The number of aryl methyl sites for hydroxylation is 1. The molecule has 1 aromatic heterocycles.